The van der Waals surface area contributed by atoms with Gasteiger partial charge in [-0.15, -0.1) is 0 Å². The zero-order valence-electron chi connectivity index (χ0n) is 30.5. The summed E-state index contributed by atoms with van der Waals surface area (Å²) in [5.74, 6) is 3.00. The number of likely N-dealkylation sites (tertiary alicyclic amines) is 2. The lowest BCUT2D eigenvalue weighted by molar-refractivity contribution is 0.183. The summed E-state index contributed by atoms with van der Waals surface area (Å²) < 4.78 is 11.6. The first-order chi connectivity index (χ1) is 26.3. The van der Waals surface area contributed by atoms with Crippen molar-refractivity contribution in [3.05, 3.63) is 105 Å². The first kappa shape index (κ1) is 38.6. The predicted molar refractivity (Wildman–Crippen MR) is 218 cm³/mol. The molecule has 2 aromatic heterocycles. The lowest BCUT2D eigenvalue weighted by Gasteiger charge is -2.49. The summed E-state index contributed by atoms with van der Waals surface area (Å²) >= 11 is 25.8. The van der Waals surface area contributed by atoms with E-state index in [9.17, 15) is 0 Å². The molecule has 2 aliphatic heterocycles. The number of rotatable bonds is 13. The fourth-order valence-corrected chi connectivity index (χ4v) is 8.21. The molecule has 2 fully saturated rings. The fourth-order valence-electron chi connectivity index (χ4n) is 7.56. The van der Waals surface area contributed by atoms with Gasteiger partial charge in [-0.3, -0.25) is 19.8 Å². The van der Waals surface area contributed by atoms with Crippen molar-refractivity contribution in [2.75, 3.05) is 49.4 Å². The molecule has 7 rings (SSSR count). The molecular weight excluding hydrogens is 766 g/mol. The average Bonchev–Trinajstić information content (AvgIpc) is 3.17. The van der Waals surface area contributed by atoms with Crippen molar-refractivity contribution >= 4 is 68.9 Å². The Bertz CT molecular complexity index is 2040. The van der Waals surface area contributed by atoms with Gasteiger partial charge in [0.25, 0.3) is 0 Å². The molecule has 0 bridgehead atoms. The molecule has 2 saturated heterocycles. The fraction of sp³-hybridized carbons (Fsp3) is 0.400. The van der Waals surface area contributed by atoms with Crippen molar-refractivity contribution in [1.82, 2.24) is 29.7 Å². The van der Waals surface area contributed by atoms with Gasteiger partial charge in [0.2, 0.25) is 5.28 Å². The molecule has 0 saturated carbocycles. The SMILES string of the molecule is CCOc1cc(CN2CCC(N(c3ccnc(Cl)n3)N(c3ncnc4cc(Cl)ccc34)C3CCN(Cc4ccc(Cl)c(OCC)c4)CC3)CC2)ccc1Cl. The molecule has 14 heteroatoms. The van der Waals surface area contributed by atoms with E-state index in [1.54, 1.807) is 12.5 Å². The summed E-state index contributed by atoms with van der Waals surface area (Å²) in [6.07, 6.45) is 6.95. The average molecular weight is 811 g/mol. The first-order valence-electron chi connectivity index (χ1n) is 18.5. The molecule has 284 valence electrons. The Morgan fingerprint density at radius 1 is 0.667 bits per heavy atom. The summed E-state index contributed by atoms with van der Waals surface area (Å²) in [5, 5.41) is 7.72. The maximum atomic E-state index is 6.51. The quantitative estimate of drug-likeness (QED) is 0.0848. The van der Waals surface area contributed by atoms with E-state index >= 15 is 0 Å². The third-order valence-electron chi connectivity index (χ3n) is 10.1. The van der Waals surface area contributed by atoms with Gasteiger partial charge in [0.05, 0.1) is 40.9 Å². The molecule has 0 aliphatic carbocycles. The Balaban J connectivity index is 1.18. The van der Waals surface area contributed by atoms with Crippen molar-refractivity contribution in [1.29, 1.82) is 0 Å². The Morgan fingerprint density at radius 2 is 1.24 bits per heavy atom. The van der Waals surface area contributed by atoms with Crippen molar-refractivity contribution in [2.24, 2.45) is 0 Å². The van der Waals surface area contributed by atoms with E-state index in [-0.39, 0.29) is 17.4 Å². The second kappa shape index (κ2) is 17.9. The topological polar surface area (TPSA) is 83.0 Å². The zero-order chi connectivity index (χ0) is 37.6. The predicted octanol–water partition coefficient (Wildman–Crippen LogP) is 9.39. The maximum absolute atomic E-state index is 6.51. The highest BCUT2D eigenvalue weighted by Crippen LogP contribution is 2.37. The molecule has 0 amide bonds. The number of halogens is 4. The molecule has 3 aromatic carbocycles. The van der Waals surface area contributed by atoms with Crippen molar-refractivity contribution in [3.8, 4) is 11.5 Å². The number of nitrogens with zero attached hydrogens (tertiary/aromatic N) is 8. The molecule has 4 heterocycles. The van der Waals surface area contributed by atoms with Gasteiger partial charge in [0.15, 0.2) is 11.6 Å². The van der Waals surface area contributed by atoms with E-state index in [0.717, 1.165) is 99.0 Å². The van der Waals surface area contributed by atoms with Crippen LogP contribution in [0.5, 0.6) is 11.5 Å². The van der Waals surface area contributed by atoms with Crippen LogP contribution in [0.4, 0.5) is 11.6 Å². The van der Waals surface area contributed by atoms with Gasteiger partial charge < -0.3 is 9.47 Å². The second-order valence-electron chi connectivity index (χ2n) is 13.6. The van der Waals surface area contributed by atoms with Crippen LogP contribution >= 0.6 is 46.4 Å². The number of fused-ring (bicyclic) bond motifs is 1. The van der Waals surface area contributed by atoms with Crippen LogP contribution in [-0.4, -0.2) is 81.2 Å². The van der Waals surface area contributed by atoms with E-state index < -0.39 is 0 Å². The Morgan fingerprint density at radius 3 is 1.80 bits per heavy atom. The van der Waals surface area contributed by atoms with E-state index in [1.165, 1.54) is 11.1 Å². The number of hydrazine groups is 1. The normalized spacial score (nSPS) is 16.1. The third-order valence-corrected chi connectivity index (χ3v) is 11.1. The lowest BCUT2D eigenvalue weighted by atomic mass is 10.0. The van der Waals surface area contributed by atoms with Gasteiger partial charge in [-0.25, -0.2) is 15.0 Å². The van der Waals surface area contributed by atoms with Crippen LogP contribution < -0.4 is 19.5 Å². The summed E-state index contributed by atoms with van der Waals surface area (Å²) in [6, 6.07) is 20.1. The Kier molecular flexibility index (Phi) is 12.8. The van der Waals surface area contributed by atoms with E-state index in [0.29, 0.717) is 28.3 Å². The highest BCUT2D eigenvalue weighted by Gasteiger charge is 2.37. The van der Waals surface area contributed by atoms with Crippen LogP contribution in [0.25, 0.3) is 10.9 Å². The van der Waals surface area contributed by atoms with Gasteiger partial charge >= 0.3 is 0 Å². The highest BCUT2D eigenvalue weighted by atomic mass is 35.5. The summed E-state index contributed by atoms with van der Waals surface area (Å²) in [6.45, 7) is 10.3. The molecule has 0 atom stereocenters. The van der Waals surface area contributed by atoms with Gasteiger partial charge in [0.1, 0.15) is 17.8 Å². The van der Waals surface area contributed by atoms with Crippen molar-refractivity contribution in [2.45, 2.75) is 64.7 Å². The maximum Gasteiger partial charge on any atom is 0.224 e. The largest absolute Gasteiger partial charge is 0.492 e. The summed E-state index contributed by atoms with van der Waals surface area (Å²) in [7, 11) is 0. The summed E-state index contributed by atoms with van der Waals surface area (Å²) in [5.41, 5.74) is 3.13. The standard InChI is InChI=1S/C40H44Cl4N8O2/c1-3-53-36-21-27(5-9-33(36)42)24-49-17-12-30(13-18-49)51(38-11-16-45-40(44)48-38)52(39-32-8-7-29(41)23-35(32)46-26-47-39)31-14-19-50(20-15-31)25-28-6-10-34(43)37(22-28)54-4-2/h5-11,16,21-23,26,30-31H,3-4,12-15,17-20,24-25H2,1-2H3. The number of piperidine rings is 2. The Labute approximate surface area is 336 Å². The number of anilines is 2. The molecule has 10 nitrogen and oxygen atoms in total. The number of hydrogen-bond donors (Lipinski definition) is 0. The molecule has 5 aromatic rings. The monoisotopic (exact) mass is 808 g/mol. The molecule has 0 spiro atoms. The van der Waals surface area contributed by atoms with Crippen LogP contribution in [0.2, 0.25) is 20.4 Å². The zero-order valence-corrected chi connectivity index (χ0v) is 33.5. The molecule has 2 aliphatic rings. The third kappa shape index (κ3) is 9.07. The van der Waals surface area contributed by atoms with Crippen molar-refractivity contribution < 1.29 is 9.47 Å². The van der Waals surface area contributed by atoms with Crippen LogP contribution in [0, 0.1) is 0 Å². The molecular formula is C40H44Cl4N8O2. The first-order valence-corrected chi connectivity index (χ1v) is 20.0. The Hall–Kier alpha value is -3.64. The van der Waals surface area contributed by atoms with Gasteiger partial charge in [-0.1, -0.05) is 46.9 Å². The number of ether oxygens (including phenoxy) is 2. The van der Waals surface area contributed by atoms with Crippen molar-refractivity contribution in [3.63, 3.8) is 0 Å². The van der Waals surface area contributed by atoms with Gasteiger partial charge in [-0.2, -0.15) is 4.98 Å². The van der Waals surface area contributed by atoms with Crippen LogP contribution in [0.1, 0.15) is 50.7 Å². The van der Waals surface area contributed by atoms with E-state index in [1.807, 2.05) is 50.2 Å². The van der Waals surface area contributed by atoms with Crippen LogP contribution in [0.3, 0.4) is 0 Å². The molecule has 0 radical (unpaired) electrons. The second-order valence-corrected chi connectivity index (χ2v) is 15.2. The number of benzene rings is 3. The van der Waals surface area contributed by atoms with E-state index in [2.05, 4.69) is 54.1 Å². The van der Waals surface area contributed by atoms with Crippen LogP contribution in [-0.2, 0) is 13.1 Å². The molecule has 0 N–H and O–H groups in total. The number of hydrogen-bond acceptors (Lipinski definition) is 10. The lowest BCUT2D eigenvalue weighted by Crippen LogP contribution is -2.59. The smallest absolute Gasteiger partial charge is 0.224 e. The van der Waals surface area contributed by atoms with Gasteiger partial charge in [0, 0.05) is 61.9 Å². The number of aromatic nitrogens is 4. The molecule has 54 heavy (non-hydrogen) atoms. The minimum atomic E-state index is 0.108. The van der Waals surface area contributed by atoms with Crippen LogP contribution in [0.15, 0.2) is 73.2 Å². The minimum Gasteiger partial charge on any atom is -0.492 e. The molecule has 0 unspecified atom stereocenters. The van der Waals surface area contributed by atoms with E-state index in [4.69, 9.17) is 65.8 Å². The summed E-state index contributed by atoms with van der Waals surface area (Å²) in [4.78, 5) is 23.6. The highest BCUT2D eigenvalue weighted by molar-refractivity contribution is 6.32. The van der Waals surface area contributed by atoms with Gasteiger partial charge in [-0.05, 0) is 105 Å². The minimum absolute atomic E-state index is 0.108.